The number of nitrogens with two attached hydrogens (primary N) is 1. The first kappa shape index (κ1) is 26.4. The summed E-state index contributed by atoms with van der Waals surface area (Å²) in [6, 6.07) is 8.67. The third kappa shape index (κ3) is 5.24. The minimum absolute atomic E-state index is 0.0757. The third-order valence-electron chi connectivity index (χ3n) is 6.70. The standard InChI is InChI=1S/C25H29F3N6O3/c1-15(37-22(32-29)25(26,27)28)16-4-5-17(31-13-16)14-34-21(35)19-7-6-18(33-10-8-30-9-11-33)12-20(19)24(2,3)23(34)36/h4-7,12-13,15,30H,8-11,14,29H2,1-3H3/b32-22-. The van der Waals surface area contributed by atoms with Gasteiger partial charge in [0.15, 0.2) is 0 Å². The van der Waals surface area contributed by atoms with Crippen molar-refractivity contribution in [2.45, 2.75) is 45.0 Å². The van der Waals surface area contributed by atoms with E-state index < -0.39 is 29.5 Å². The van der Waals surface area contributed by atoms with Crippen LogP contribution in [0.3, 0.4) is 0 Å². The zero-order valence-corrected chi connectivity index (χ0v) is 20.8. The molecule has 9 nitrogen and oxygen atoms in total. The number of piperazine rings is 1. The van der Waals surface area contributed by atoms with Gasteiger partial charge in [-0.05, 0) is 50.6 Å². The largest absolute Gasteiger partial charge is 0.470 e. The van der Waals surface area contributed by atoms with Crippen LogP contribution in [0.4, 0.5) is 18.9 Å². The molecule has 37 heavy (non-hydrogen) atoms. The van der Waals surface area contributed by atoms with E-state index in [1.165, 1.54) is 19.2 Å². The summed E-state index contributed by atoms with van der Waals surface area (Å²) in [7, 11) is 0. The Kier molecular flexibility index (Phi) is 7.13. The van der Waals surface area contributed by atoms with E-state index in [9.17, 15) is 22.8 Å². The van der Waals surface area contributed by atoms with Gasteiger partial charge < -0.3 is 20.8 Å². The maximum absolute atomic E-state index is 13.4. The molecule has 1 aromatic carbocycles. The lowest BCUT2D eigenvalue weighted by Gasteiger charge is -2.38. The molecule has 198 valence electrons. The summed E-state index contributed by atoms with van der Waals surface area (Å²) < 4.78 is 43.4. The number of carbonyl (C=O) groups excluding carboxylic acids is 2. The molecule has 2 aliphatic heterocycles. The van der Waals surface area contributed by atoms with Crippen molar-refractivity contribution in [1.29, 1.82) is 0 Å². The minimum atomic E-state index is -4.82. The van der Waals surface area contributed by atoms with E-state index >= 15 is 0 Å². The molecular weight excluding hydrogens is 489 g/mol. The van der Waals surface area contributed by atoms with E-state index in [2.05, 4.69) is 20.3 Å². The van der Waals surface area contributed by atoms with Gasteiger partial charge >= 0.3 is 12.1 Å². The van der Waals surface area contributed by atoms with Gasteiger partial charge in [0.1, 0.15) is 6.10 Å². The molecule has 4 rings (SSSR count). The number of alkyl halides is 3. The first-order valence-corrected chi connectivity index (χ1v) is 11.9. The Labute approximate surface area is 212 Å². The number of hydrogen-bond acceptors (Lipinski definition) is 8. The van der Waals surface area contributed by atoms with Gasteiger partial charge in [-0.1, -0.05) is 6.07 Å². The van der Waals surface area contributed by atoms with Crippen molar-refractivity contribution >= 4 is 23.4 Å². The van der Waals surface area contributed by atoms with Gasteiger partial charge in [0.25, 0.3) is 5.91 Å². The van der Waals surface area contributed by atoms with Gasteiger partial charge in [0, 0.05) is 49.2 Å². The molecule has 12 heteroatoms. The third-order valence-corrected chi connectivity index (χ3v) is 6.70. The molecule has 2 amide bonds. The highest BCUT2D eigenvalue weighted by Crippen LogP contribution is 2.37. The molecule has 2 aliphatic rings. The van der Waals surface area contributed by atoms with E-state index in [1.807, 2.05) is 12.1 Å². The van der Waals surface area contributed by atoms with E-state index in [4.69, 9.17) is 10.6 Å². The number of benzene rings is 1. The monoisotopic (exact) mass is 518 g/mol. The fourth-order valence-electron chi connectivity index (χ4n) is 4.53. The topological polar surface area (TPSA) is 113 Å². The van der Waals surface area contributed by atoms with E-state index in [-0.39, 0.29) is 12.5 Å². The number of halogens is 3. The number of carbonyl (C=O) groups is 2. The zero-order valence-electron chi connectivity index (χ0n) is 20.8. The maximum Gasteiger partial charge on any atom is 0.470 e. The molecule has 1 fully saturated rings. The summed E-state index contributed by atoms with van der Waals surface area (Å²) in [6.07, 6.45) is -4.51. The molecule has 0 radical (unpaired) electrons. The predicted molar refractivity (Wildman–Crippen MR) is 131 cm³/mol. The van der Waals surface area contributed by atoms with E-state index in [0.29, 0.717) is 22.4 Å². The van der Waals surface area contributed by atoms with Crippen molar-refractivity contribution in [3.05, 3.63) is 58.9 Å². The smallest absolute Gasteiger partial charge is 0.465 e. The number of fused-ring (bicyclic) bond motifs is 1. The number of hydrogen-bond donors (Lipinski definition) is 2. The lowest BCUT2D eigenvalue weighted by molar-refractivity contribution is -0.134. The second kappa shape index (κ2) is 10.0. The number of anilines is 1. The van der Waals surface area contributed by atoms with Gasteiger partial charge in [0.05, 0.1) is 17.7 Å². The molecule has 3 N–H and O–H groups in total. The van der Waals surface area contributed by atoms with Crippen LogP contribution in [0.1, 0.15) is 54.1 Å². The molecule has 2 aromatic rings. The lowest BCUT2D eigenvalue weighted by atomic mass is 9.77. The fourth-order valence-corrected chi connectivity index (χ4v) is 4.53. The average molecular weight is 519 g/mol. The van der Waals surface area contributed by atoms with Crippen LogP contribution in [0, 0.1) is 0 Å². The number of ether oxygens (including phenoxy) is 1. The molecule has 3 heterocycles. The van der Waals surface area contributed by atoms with Gasteiger partial charge in [0.2, 0.25) is 5.91 Å². The maximum atomic E-state index is 13.4. The van der Waals surface area contributed by atoms with Crippen LogP contribution in [0.2, 0.25) is 0 Å². The van der Waals surface area contributed by atoms with Crippen LogP contribution in [0.5, 0.6) is 0 Å². The minimum Gasteiger partial charge on any atom is -0.465 e. The van der Waals surface area contributed by atoms with E-state index in [1.54, 1.807) is 26.0 Å². The number of aromatic nitrogens is 1. The summed E-state index contributed by atoms with van der Waals surface area (Å²) in [5.74, 6) is 2.49. The predicted octanol–water partition coefficient (Wildman–Crippen LogP) is 2.86. The van der Waals surface area contributed by atoms with Crippen molar-refractivity contribution in [3.63, 3.8) is 0 Å². The van der Waals surface area contributed by atoms with Crippen molar-refractivity contribution < 1.29 is 27.5 Å². The number of amides is 2. The molecule has 0 bridgehead atoms. The molecule has 1 aromatic heterocycles. The number of imide groups is 1. The Morgan fingerprint density at radius 3 is 2.51 bits per heavy atom. The molecule has 0 spiro atoms. The molecule has 0 saturated carbocycles. The number of nitrogens with zero attached hydrogens (tertiary/aromatic N) is 4. The van der Waals surface area contributed by atoms with Crippen LogP contribution < -0.4 is 16.1 Å². The summed E-state index contributed by atoms with van der Waals surface area (Å²) in [6.45, 7) is 8.33. The first-order chi connectivity index (χ1) is 17.4. The van der Waals surface area contributed by atoms with Crippen molar-refractivity contribution in [2.75, 3.05) is 31.1 Å². The fraction of sp³-hybridized carbons (Fsp3) is 0.440. The lowest BCUT2D eigenvalue weighted by Crippen LogP contribution is -2.51. The zero-order chi connectivity index (χ0) is 27.0. The summed E-state index contributed by atoms with van der Waals surface area (Å²) in [5, 5.41) is 5.97. The van der Waals surface area contributed by atoms with Crippen LogP contribution in [0.25, 0.3) is 0 Å². The molecule has 0 aliphatic carbocycles. The molecule has 1 unspecified atom stereocenters. The number of rotatable bonds is 5. The normalized spacial score (nSPS) is 19.0. The Bertz CT molecular complexity index is 1210. The highest BCUT2D eigenvalue weighted by atomic mass is 19.4. The second-order valence-electron chi connectivity index (χ2n) is 9.56. The SMILES string of the molecule is CC(O/C(=N\N)C(F)(F)F)c1ccc(CN2C(=O)c3ccc(N4CCNCC4)cc3C(C)(C)C2=O)nc1. The van der Waals surface area contributed by atoms with Crippen molar-refractivity contribution in [3.8, 4) is 0 Å². The van der Waals surface area contributed by atoms with Gasteiger partial charge in [-0.3, -0.25) is 19.5 Å². The molecular formula is C25H29F3N6O3. The van der Waals surface area contributed by atoms with Crippen LogP contribution >= 0.6 is 0 Å². The van der Waals surface area contributed by atoms with Crippen molar-refractivity contribution in [1.82, 2.24) is 15.2 Å². The van der Waals surface area contributed by atoms with Gasteiger partial charge in [-0.25, -0.2) is 0 Å². The van der Waals surface area contributed by atoms with E-state index in [0.717, 1.165) is 36.8 Å². The van der Waals surface area contributed by atoms with Crippen LogP contribution in [0.15, 0.2) is 41.6 Å². The molecule has 1 atom stereocenters. The first-order valence-electron chi connectivity index (χ1n) is 11.9. The quantitative estimate of drug-likeness (QED) is 0.206. The van der Waals surface area contributed by atoms with Crippen LogP contribution in [-0.2, 0) is 21.5 Å². The Morgan fingerprint density at radius 1 is 1.22 bits per heavy atom. The van der Waals surface area contributed by atoms with Gasteiger partial charge in [-0.2, -0.15) is 13.2 Å². The highest BCUT2D eigenvalue weighted by Gasteiger charge is 2.45. The molecule has 1 saturated heterocycles. The number of pyridine rings is 1. The van der Waals surface area contributed by atoms with Crippen molar-refractivity contribution in [2.24, 2.45) is 10.9 Å². The van der Waals surface area contributed by atoms with Gasteiger partial charge in [-0.15, -0.1) is 5.10 Å². The van der Waals surface area contributed by atoms with Crippen LogP contribution in [-0.4, -0.2) is 60.0 Å². The second-order valence-corrected chi connectivity index (χ2v) is 9.56. The Balaban J connectivity index is 1.52. The Morgan fingerprint density at radius 2 is 1.92 bits per heavy atom. The Hall–Kier alpha value is -3.67. The summed E-state index contributed by atoms with van der Waals surface area (Å²) in [5.41, 5.74) is 1.93. The summed E-state index contributed by atoms with van der Waals surface area (Å²) >= 11 is 0. The summed E-state index contributed by atoms with van der Waals surface area (Å²) in [4.78, 5) is 34.4. The number of hydrazone groups is 1. The average Bonchev–Trinajstić information content (AvgIpc) is 2.88. The highest BCUT2D eigenvalue weighted by molar-refractivity contribution is 6.13. The number of nitrogens with one attached hydrogen (secondary N) is 1.